The quantitative estimate of drug-likeness (QED) is 0.497. The van der Waals surface area contributed by atoms with Crippen molar-refractivity contribution >= 4 is 17.5 Å². The maximum atomic E-state index is 8.98. The second-order valence-electron chi connectivity index (χ2n) is 5.91. The molecule has 1 heterocycles. The summed E-state index contributed by atoms with van der Waals surface area (Å²) in [5.41, 5.74) is 2.75. The van der Waals surface area contributed by atoms with Gasteiger partial charge in [-0.25, -0.2) is 4.98 Å². The number of nitrogens with zero attached hydrogens (tertiary/aromatic N) is 2. The van der Waals surface area contributed by atoms with Crippen LogP contribution in [-0.2, 0) is 0 Å². The highest BCUT2D eigenvalue weighted by Crippen LogP contribution is 2.24. The van der Waals surface area contributed by atoms with Crippen molar-refractivity contribution in [1.82, 2.24) is 9.97 Å². The lowest BCUT2D eigenvalue weighted by atomic mass is 10.1. The third kappa shape index (κ3) is 5.43. The molecule has 3 aromatic rings. The molecule has 3 rings (SSSR count). The van der Waals surface area contributed by atoms with E-state index in [1.807, 2.05) is 67.6 Å². The molecule has 3 N–H and O–H groups in total. The summed E-state index contributed by atoms with van der Waals surface area (Å²) in [7, 11) is 0. The predicted molar refractivity (Wildman–Crippen MR) is 109 cm³/mol. The van der Waals surface area contributed by atoms with E-state index in [-0.39, 0.29) is 6.61 Å². The molecule has 0 saturated heterocycles. The lowest BCUT2D eigenvalue weighted by molar-refractivity contribution is 0.292. The Labute approximate surface area is 159 Å². The number of anilines is 3. The van der Waals surface area contributed by atoms with E-state index < -0.39 is 0 Å². The molecule has 2 aromatic carbocycles. The van der Waals surface area contributed by atoms with E-state index in [4.69, 9.17) is 9.84 Å². The Morgan fingerprint density at radius 1 is 1.00 bits per heavy atom. The average Bonchev–Trinajstić information content (AvgIpc) is 2.70. The standard InChI is InChI=1S/C21H24N4O2/c1-2-27-18-11-9-17(10-12-18)23-20-15-19(16-7-4-3-5-8-16)24-21(25-20)22-13-6-14-26/h3-5,7-12,15,26H,2,6,13-14H2,1H3,(H2,22,23,24,25). The van der Waals surface area contributed by atoms with Crippen molar-refractivity contribution in [1.29, 1.82) is 0 Å². The van der Waals surface area contributed by atoms with Crippen LogP contribution in [-0.4, -0.2) is 34.8 Å². The van der Waals surface area contributed by atoms with Gasteiger partial charge in [0, 0.05) is 30.5 Å². The lowest BCUT2D eigenvalue weighted by Gasteiger charge is -2.12. The number of aromatic nitrogens is 2. The number of hydrogen-bond donors (Lipinski definition) is 3. The van der Waals surface area contributed by atoms with Crippen LogP contribution in [0.15, 0.2) is 60.7 Å². The monoisotopic (exact) mass is 364 g/mol. The van der Waals surface area contributed by atoms with E-state index in [1.165, 1.54) is 0 Å². The summed E-state index contributed by atoms with van der Waals surface area (Å²) in [4.78, 5) is 9.13. The number of nitrogens with one attached hydrogen (secondary N) is 2. The molecular formula is C21H24N4O2. The molecule has 0 aliphatic rings. The minimum atomic E-state index is 0.128. The molecule has 0 fully saturated rings. The van der Waals surface area contributed by atoms with Crippen LogP contribution in [0.25, 0.3) is 11.3 Å². The lowest BCUT2D eigenvalue weighted by Crippen LogP contribution is -2.08. The summed E-state index contributed by atoms with van der Waals surface area (Å²) in [6, 6.07) is 19.6. The van der Waals surface area contributed by atoms with E-state index in [9.17, 15) is 0 Å². The van der Waals surface area contributed by atoms with E-state index in [0.29, 0.717) is 31.3 Å². The van der Waals surface area contributed by atoms with Crippen molar-refractivity contribution in [2.24, 2.45) is 0 Å². The molecule has 0 spiro atoms. The van der Waals surface area contributed by atoms with Crippen LogP contribution in [0, 0.1) is 0 Å². The van der Waals surface area contributed by atoms with Crippen LogP contribution in [0.4, 0.5) is 17.5 Å². The summed E-state index contributed by atoms with van der Waals surface area (Å²) in [6.07, 6.45) is 0.639. The highest BCUT2D eigenvalue weighted by molar-refractivity contribution is 5.67. The van der Waals surface area contributed by atoms with Gasteiger partial charge in [0.25, 0.3) is 0 Å². The van der Waals surface area contributed by atoms with Gasteiger partial charge in [-0.2, -0.15) is 4.98 Å². The summed E-state index contributed by atoms with van der Waals surface area (Å²) in [5.74, 6) is 2.06. The van der Waals surface area contributed by atoms with Gasteiger partial charge in [0.2, 0.25) is 5.95 Å². The minimum Gasteiger partial charge on any atom is -0.494 e. The molecular weight excluding hydrogens is 340 g/mol. The zero-order valence-corrected chi connectivity index (χ0v) is 15.4. The van der Waals surface area contributed by atoms with E-state index >= 15 is 0 Å². The molecule has 0 unspecified atom stereocenters. The summed E-state index contributed by atoms with van der Waals surface area (Å²) in [6.45, 7) is 3.34. The Morgan fingerprint density at radius 3 is 2.48 bits per heavy atom. The minimum absolute atomic E-state index is 0.128. The summed E-state index contributed by atoms with van der Waals surface area (Å²) in [5, 5.41) is 15.5. The number of rotatable bonds is 9. The van der Waals surface area contributed by atoms with E-state index in [0.717, 1.165) is 22.7 Å². The zero-order chi connectivity index (χ0) is 18.9. The van der Waals surface area contributed by atoms with Gasteiger partial charge in [0.1, 0.15) is 11.6 Å². The van der Waals surface area contributed by atoms with Crippen LogP contribution in [0.5, 0.6) is 5.75 Å². The second-order valence-corrected chi connectivity index (χ2v) is 5.91. The first-order valence-electron chi connectivity index (χ1n) is 9.07. The summed E-state index contributed by atoms with van der Waals surface area (Å²) < 4.78 is 5.48. The number of aliphatic hydroxyl groups excluding tert-OH is 1. The Hall–Kier alpha value is -3.12. The van der Waals surface area contributed by atoms with Crippen LogP contribution >= 0.6 is 0 Å². The first-order valence-corrected chi connectivity index (χ1v) is 9.07. The van der Waals surface area contributed by atoms with Crippen molar-refractivity contribution in [3.8, 4) is 17.0 Å². The van der Waals surface area contributed by atoms with Gasteiger partial charge in [-0.15, -0.1) is 0 Å². The fourth-order valence-corrected chi connectivity index (χ4v) is 2.58. The SMILES string of the molecule is CCOc1ccc(Nc2cc(-c3ccccc3)nc(NCCCO)n2)cc1. The molecule has 0 aliphatic heterocycles. The Bertz CT molecular complexity index is 839. The Kier molecular flexibility index (Phi) is 6.60. The van der Waals surface area contributed by atoms with Crippen LogP contribution in [0.3, 0.4) is 0 Å². The molecule has 0 saturated carbocycles. The molecule has 0 bridgehead atoms. The van der Waals surface area contributed by atoms with Crippen molar-refractivity contribution in [2.75, 3.05) is 30.4 Å². The number of benzene rings is 2. The molecule has 1 aromatic heterocycles. The van der Waals surface area contributed by atoms with Gasteiger partial charge in [0.05, 0.1) is 12.3 Å². The van der Waals surface area contributed by atoms with E-state index in [1.54, 1.807) is 0 Å². The Balaban J connectivity index is 1.85. The first kappa shape index (κ1) is 18.7. The second kappa shape index (κ2) is 9.54. The average molecular weight is 364 g/mol. The molecule has 0 amide bonds. The van der Waals surface area contributed by atoms with Gasteiger partial charge in [-0.3, -0.25) is 0 Å². The van der Waals surface area contributed by atoms with Crippen molar-refractivity contribution < 1.29 is 9.84 Å². The van der Waals surface area contributed by atoms with Gasteiger partial charge < -0.3 is 20.5 Å². The fraction of sp³-hybridized carbons (Fsp3) is 0.238. The zero-order valence-electron chi connectivity index (χ0n) is 15.4. The molecule has 6 nitrogen and oxygen atoms in total. The third-order valence-electron chi connectivity index (χ3n) is 3.85. The predicted octanol–water partition coefficient (Wildman–Crippen LogP) is 4.08. The molecule has 0 aliphatic carbocycles. The topological polar surface area (TPSA) is 79.3 Å². The van der Waals surface area contributed by atoms with Gasteiger partial charge in [-0.05, 0) is 37.6 Å². The van der Waals surface area contributed by atoms with Gasteiger partial charge >= 0.3 is 0 Å². The van der Waals surface area contributed by atoms with Crippen LogP contribution in [0.1, 0.15) is 13.3 Å². The van der Waals surface area contributed by atoms with Crippen LogP contribution in [0.2, 0.25) is 0 Å². The van der Waals surface area contributed by atoms with Crippen molar-refractivity contribution in [3.05, 3.63) is 60.7 Å². The largest absolute Gasteiger partial charge is 0.494 e. The molecule has 0 radical (unpaired) electrons. The third-order valence-corrected chi connectivity index (χ3v) is 3.85. The van der Waals surface area contributed by atoms with Gasteiger partial charge in [0.15, 0.2) is 0 Å². The highest BCUT2D eigenvalue weighted by atomic mass is 16.5. The van der Waals surface area contributed by atoms with Crippen LogP contribution < -0.4 is 15.4 Å². The summed E-state index contributed by atoms with van der Waals surface area (Å²) >= 11 is 0. The van der Waals surface area contributed by atoms with Crippen molar-refractivity contribution in [3.63, 3.8) is 0 Å². The maximum Gasteiger partial charge on any atom is 0.225 e. The molecule has 27 heavy (non-hydrogen) atoms. The smallest absolute Gasteiger partial charge is 0.225 e. The number of hydrogen-bond acceptors (Lipinski definition) is 6. The van der Waals surface area contributed by atoms with E-state index in [2.05, 4.69) is 20.6 Å². The van der Waals surface area contributed by atoms with Crippen molar-refractivity contribution in [2.45, 2.75) is 13.3 Å². The number of aliphatic hydroxyl groups is 1. The normalized spacial score (nSPS) is 10.4. The first-order chi connectivity index (χ1) is 13.3. The fourth-order valence-electron chi connectivity index (χ4n) is 2.58. The number of ether oxygens (including phenoxy) is 1. The highest BCUT2D eigenvalue weighted by Gasteiger charge is 2.07. The van der Waals surface area contributed by atoms with Gasteiger partial charge in [-0.1, -0.05) is 30.3 Å². The maximum absolute atomic E-state index is 8.98. The molecule has 0 atom stereocenters. The Morgan fingerprint density at radius 2 is 1.78 bits per heavy atom. The molecule has 140 valence electrons. The molecule has 6 heteroatoms.